The lowest BCUT2D eigenvalue weighted by atomic mass is 9.94. The van der Waals surface area contributed by atoms with E-state index < -0.39 is 5.97 Å². The van der Waals surface area contributed by atoms with Gasteiger partial charge in [-0.3, -0.25) is 0 Å². The average molecular weight is 325 g/mol. The van der Waals surface area contributed by atoms with Gasteiger partial charge in [-0.05, 0) is 29.8 Å². The van der Waals surface area contributed by atoms with Gasteiger partial charge >= 0.3 is 5.97 Å². The Labute approximate surface area is 130 Å². The molecule has 108 valence electrons. The first-order valence-corrected chi connectivity index (χ1v) is 6.83. The quantitative estimate of drug-likeness (QED) is 0.804. The molecule has 0 unspecified atom stereocenters. The molecule has 0 amide bonds. The molecule has 0 saturated heterocycles. The van der Waals surface area contributed by atoms with Crippen LogP contribution in [0.2, 0.25) is 10.0 Å². The van der Waals surface area contributed by atoms with E-state index in [-0.39, 0.29) is 17.9 Å². The van der Waals surface area contributed by atoms with Gasteiger partial charge < -0.3 is 14.6 Å². The van der Waals surface area contributed by atoms with Crippen molar-refractivity contribution in [1.82, 2.24) is 0 Å². The van der Waals surface area contributed by atoms with Crippen LogP contribution in [0.15, 0.2) is 24.3 Å². The van der Waals surface area contributed by atoms with Crippen molar-refractivity contribution >= 4 is 29.2 Å². The summed E-state index contributed by atoms with van der Waals surface area (Å²) in [6, 6.07) is 6.34. The Morgan fingerprint density at radius 3 is 2.71 bits per heavy atom. The van der Waals surface area contributed by atoms with Gasteiger partial charge in [-0.1, -0.05) is 23.2 Å². The minimum absolute atomic E-state index is 0.0835. The minimum Gasteiger partial charge on any atom is -0.507 e. The van der Waals surface area contributed by atoms with Crippen molar-refractivity contribution in [3.8, 4) is 22.6 Å². The van der Waals surface area contributed by atoms with Crippen molar-refractivity contribution < 1.29 is 19.4 Å². The highest BCUT2D eigenvalue weighted by atomic mass is 35.5. The number of aromatic hydroxyl groups is 1. The second kappa shape index (κ2) is 5.13. The number of carbonyl (C=O) groups excluding carboxylic acids is 1. The van der Waals surface area contributed by atoms with Crippen molar-refractivity contribution in [2.75, 3.05) is 7.11 Å². The summed E-state index contributed by atoms with van der Waals surface area (Å²) in [6.07, 6.45) is 0. The SMILES string of the molecule is COC(=O)c1cc2c(cc1O)COc1c(Cl)cc(Cl)cc1-2. The molecule has 0 radical (unpaired) electrons. The molecule has 2 aromatic rings. The normalized spacial score (nSPS) is 12.1. The smallest absolute Gasteiger partial charge is 0.341 e. The largest absolute Gasteiger partial charge is 0.507 e. The van der Waals surface area contributed by atoms with Crippen LogP contribution in [0.25, 0.3) is 11.1 Å². The summed E-state index contributed by atoms with van der Waals surface area (Å²) in [7, 11) is 1.26. The number of methoxy groups -OCH3 is 1. The molecule has 21 heavy (non-hydrogen) atoms. The molecule has 1 aliphatic heterocycles. The fraction of sp³-hybridized carbons (Fsp3) is 0.133. The summed E-state index contributed by atoms with van der Waals surface area (Å²) in [5.41, 5.74) is 2.24. The van der Waals surface area contributed by atoms with Crippen molar-refractivity contribution in [3.05, 3.63) is 45.4 Å². The second-order valence-corrected chi connectivity index (χ2v) is 5.41. The van der Waals surface area contributed by atoms with E-state index in [0.717, 1.165) is 11.1 Å². The lowest BCUT2D eigenvalue weighted by Crippen LogP contribution is -2.09. The summed E-state index contributed by atoms with van der Waals surface area (Å²) in [5.74, 6) is -0.257. The number of phenolic OH excluding ortho intramolecular Hbond substituents is 1. The van der Waals surface area contributed by atoms with Gasteiger partial charge in [-0.2, -0.15) is 0 Å². The maximum Gasteiger partial charge on any atom is 0.341 e. The highest BCUT2D eigenvalue weighted by Crippen LogP contribution is 2.45. The first-order valence-electron chi connectivity index (χ1n) is 6.07. The van der Waals surface area contributed by atoms with Crippen molar-refractivity contribution in [3.63, 3.8) is 0 Å². The van der Waals surface area contributed by atoms with Gasteiger partial charge in [0, 0.05) is 16.1 Å². The van der Waals surface area contributed by atoms with Crippen LogP contribution >= 0.6 is 23.2 Å². The zero-order chi connectivity index (χ0) is 15.1. The van der Waals surface area contributed by atoms with Crippen LogP contribution in [0.3, 0.4) is 0 Å². The fourth-order valence-electron chi connectivity index (χ4n) is 2.33. The molecule has 0 fully saturated rings. The Kier molecular flexibility index (Phi) is 3.43. The molecule has 0 atom stereocenters. The van der Waals surface area contributed by atoms with Crippen molar-refractivity contribution in [2.45, 2.75) is 6.61 Å². The number of benzene rings is 2. The molecule has 0 saturated carbocycles. The van der Waals surface area contributed by atoms with Gasteiger partial charge in [0.05, 0.1) is 12.1 Å². The number of hydrogen-bond donors (Lipinski definition) is 1. The molecule has 6 heteroatoms. The van der Waals surface area contributed by atoms with Gasteiger partial charge in [0.2, 0.25) is 0 Å². The first kappa shape index (κ1) is 14.0. The fourth-order valence-corrected chi connectivity index (χ4v) is 2.88. The van der Waals surface area contributed by atoms with E-state index >= 15 is 0 Å². The van der Waals surface area contributed by atoms with Crippen LogP contribution in [0.1, 0.15) is 15.9 Å². The standard InChI is InChI=1S/C15H10Cl2O4/c1-20-15(19)11-5-9-7(2-13(11)18)6-21-14-10(9)3-8(16)4-12(14)17/h2-5,18H,6H2,1H3. The van der Waals surface area contributed by atoms with Gasteiger partial charge in [0.15, 0.2) is 0 Å². The molecule has 0 aliphatic carbocycles. The van der Waals surface area contributed by atoms with Gasteiger partial charge in [0.25, 0.3) is 0 Å². The monoisotopic (exact) mass is 324 g/mol. The van der Waals surface area contributed by atoms with Crippen LogP contribution in [0.5, 0.6) is 11.5 Å². The summed E-state index contributed by atoms with van der Waals surface area (Å²) < 4.78 is 10.3. The van der Waals surface area contributed by atoms with E-state index in [1.54, 1.807) is 18.2 Å². The van der Waals surface area contributed by atoms with E-state index in [2.05, 4.69) is 4.74 Å². The zero-order valence-electron chi connectivity index (χ0n) is 10.9. The lowest BCUT2D eigenvalue weighted by Gasteiger charge is -2.23. The summed E-state index contributed by atoms with van der Waals surface area (Å²) in [4.78, 5) is 11.7. The van der Waals surface area contributed by atoms with Crippen LogP contribution in [-0.4, -0.2) is 18.2 Å². The van der Waals surface area contributed by atoms with Crippen LogP contribution in [0.4, 0.5) is 0 Å². The third-order valence-corrected chi connectivity index (χ3v) is 3.80. The second-order valence-electron chi connectivity index (χ2n) is 4.57. The summed E-state index contributed by atoms with van der Waals surface area (Å²) in [5, 5.41) is 10.8. The molecular weight excluding hydrogens is 315 g/mol. The Bertz CT molecular complexity index is 756. The summed E-state index contributed by atoms with van der Waals surface area (Å²) in [6.45, 7) is 0.249. The predicted molar refractivity (Wildman–Crippen MR) is 79.2 cm³/mol. The molecular formula is C15H10Cl2O4. The van der Waals surface area contributed by atoms with Crippen molar-refractivity contribution in [2.24, 2.45) is 0 Å². The van der Waals surface area contributed by atoms with Crippen LogP contribution in [0, 0.1) is 0 Å². The van der Waals surface area contributed by atoms with Crippen LogP contribution in [-0.2, 0) is 11.3 Å². The maximum atomic E-state index is 11.7. The van der Waals surface area contributed by atoms with Gasteiger partial charge in [-0.25, -0.2) is 4.79 Å². The van der Waals surface area contributed by atoms with Crippen molar-refractivity contribution in [1.29, 1.82) is 0 Å². The predicted octanol–water partition coefficient (Wildman–Crippen LogP) is 4.05. The molecule has 2 aromatic carbocycles. The highest BCUT2D eigenvalue weighted by Gasteiger charge is 2.24. The van der Waals surface area contributed by atoms with E-state index in [1.165, 1.54) is 13.2 Å². The number of ether oxygens (including phenoxy) is 2. The van der Waals surface area contributed by atoms with E-state index in [1.807, 2.05) is 0 Å². The number of esters is 1. The molecule has 1 heterocycles. The molecule has 4 nitrogen and oxygen atoms in total. The van der Waals surface area contributed by atoms with E-state index in [0.29, 0.717) is 21.4 Å². The summed E-state index contributed by atoms with van der Waals surface area (Å²) >= 11 is 12.2. The molecule has 1 N–H and O–H groups in total. The highest BCUT2D eigenvalue weighted by molar-refractivity contribution is 6.36. The third-order valence-electron chi connectivity index (χ3n) is 3.30. The number of hydrogen-bond acceptors (Lipinski definition) is 4. The maximum absolute atomic E-state index is 11.7. The Morgan fingerprint density at radius 1 is 1.24 bits per heavy atom. The number of fused-ring (bicyclic) bond motifs is 3. The lowest BCUT2D eigenvalue weighted by molar-refractivity contribution is 0.0597. The van der Waals surface area contributed by atoms with Crippen LogP contribution < -0.4 is 4.74 Å². The molecule has 0 bridgehead atoms. The number of carbonyl (C=O) groups is 1. The third kappa shape index (κ3) is 2.30. The minimum atomic E-state index is -0.614. The molecule has 3 rings (SSSR count). The number of phenols is 1. The Hall–Kier alpha value is -1.91. The number of halogens is 2. The van der Waals surface area contributed by atoms with E-state index in [4.69, 9.17) is 27.9 Å². The zero-order valence-corrected chi connectivity index (χ0v) is 12.5. The molecule has 0 aromatic heterocycles. The topological polar surface area (TPSA) is 55.8 Å². The van der Waals surface area contributed by atoms with E-state index in [9.17, 15) is 9.90 Å². The number of rotatable bonds is 1. The Morgan fingerprint density at radius 2 is 2.00 bits per heavy atom. The first-order chi connectivity index (χ1) is 10.0. The molecule has 1 aliphatic rings. The molecule has 0 spiro atoms. The van der Waals surface area contributed by atoms with Gasteiger partial charge in [0.1, 0.15) is 23.7 Å². The van der Waals surface area contributed by atoms with Gasteiger partial charge in [-0.15, -0.1) is 0 Å². The Balaban J connectivity index is 2.26. The average Bonchev–Trinajstić information content (AvgIpc) is 2.45.